The lowest BCUT2D eigenvalue weighted by molar-refractivity contribution is -0.137. The Morgan fingerprint density at radius 1 is 1.36 bits per heavy atom. The van der Waals surface area contributed by atoms with Crippen molar-refractivity contribution >= 4 is 27.8 Å². The van der Waals surface area contributed by atoms with Crippen molar-refractivity contribution in [3.8, 4) is 0 Å². The van der Waals surface area contributed by atoms with Gasteiger partial charge in [-0.2, -0.15) is 4.31 Å². The average Bonchev–Trinajstić information content (AvgIpc) is 3.02. The molecule has 1 fully saturated rings. The van der Waals surface area contributed by atoms with E-state index in [4.69, 9.17) is 0 Å². The summed E-state index contributed by atoms with van der Waals surface area (Å²) in [6.07, 6.45) is 1.64. The maximum absolute atomic E-state index is 12.6. The number of hydrogen-bond acceptors (Lipinski definition) is 5. The fraction of sp³-hybridized carbons (Fsp3) is 0.533. The highest BCUT2D eigenvalue weighted by Crippen LogP contribution is 2.27. The maximum Gasteiger partial charge on any atom is 0.315 e. The van der Waals surface area contributed by atoms with E-state index in [2.05, 4.69) is 4.74 Å². The molecule has 0 amide bonds. The summed E-state index contributed by atoms with van der Waals surface area (Å²) in [5.74, 6) is -0.0123. The normalized spacial score (nSPS) is 19.3. The zero-order chi connectivity index (χ0) is 16.2. The van der Waals surface area contributed by atoms with Gasteiger partial charge in [-0.05, 0) is 30.5 Å². The SMILES string of the molecule is CCc1ccc(S(=O)(=O)N2CCC(SCC(=O)OC)C2)cc1. The number of nitrogens with zero attached hydrogens (tertiary/aromatic N) is 1. The molecule has 0 N–H and O–H groups in total. The van der Waals surface area contributed by atoms with Crippen LogP contribution in [0.3, 0.4) is 0 Å². The van der Waals surface area contributed by atoms with Crippen molar-refractivity contribution in [2.24, 2.45) is 0 Å². The quantitative estimate of drug-likeness (QED) is 0.739. The van der Waals surface area contributed by atoms with E-state index in [0.29, 0.717) is 18.0 Å². The van der Waals surface area contributed by atoms with E-state index in [9.17, 15) is 13.2 Å². The van der Waals surface area contributed by atoms with Crippen molar-refractivity contribution in [3.63, 3.8) is 0 Å². The Morgan fingerprint density at radius 2 is 2.05 bits per heavy atom. The van der Waals surface area contributed by atoms with Crippen molar-refractivity contribution in [1.29, 1.82) is 0 Å². The fourth-order valence-corrected chi connectivity index (χ4v) is 4.98. The Kier molecular flexibility index (Phi) is 5.88. The molecule has 2 rings (SSSR count). The smallest absolute Gasteiger partial charge is 0.315 e. The van der Waals surface area contributed by atoms with Crippen LogP contribution < -0.4 is 0 Å². The van der Waals surface area contributed by atoms with Crippen LogP contribution in [0.2, 0.25) is 0 Å². The molecule has 0 saturated carbocycles. The van der Waals surface area contributed by atoms with Gasteiger partial charge in [0.15, 0.2) is 0 Å². The molecule has 0 aromatic heterocycles. The van der Waals surface area contributed by atoms with Gasteiger partial charge in [0.25, 0.3) is 0 Å². The molecular formula is C15H21NO4S2. The summed E-state index contributed by atoms with van der Waals surface area (Å²) < 4.78 is 31.3. The minimum atomic E-state index is -3.44. The lowest BCUT2D eigenvalue weighted by atomic mass is 10.2. The van der Waals surface area contributed by atoms with Gasteiger partial charge in [0.05, 0.1) is 17.8 Å². The van der Waals surface area contributed by atoms with Crippen molar-refractivity contribution < 1.29 is 17.9 Å². The molecule has 0 radical (unpaired) electrons. The third-order valence-corrected chi connectivity index (χ3v) is 6.88. The second-order valence-corrected chi connectivity index (χ2v) is 8.38. The Hall–Kier alpha value is -1.05. The second kappa shape index (κ2) is 7.48. The summed E-state index contributed by atoms with van der Waals surface area (Å²) in [7, 11) is -2.08. The largest absolute Gasteiger partial charge is 0.468 e. The molecule has 1 aromatic rings. The van der Waals surface area contributed by atoms with Gasteiger partial charge in [-0.1, -0.05) is 19.1 Å². The molecule has 1 saturated heterocycles. The molecule has 1 atom stereocenters. The topological polar surface area (TPSA) is 63.7 Å². The average molecular weight is 343 g/mol. The van der Waals surface area contributed by atoms with Gasteiger partial charge in [-0.25, -0.2) is 8.42 Å². The number of hydrogen-bond donors (Lipinski definition) is 0. The predicted octanol–water partition coefficient (Wildman–Crippen LogP) is 1.92. The maximum atomic E-state index is 12.6. The van der Waals surface area contributed by atoms with E-state index in [1.165, 1.54) is 23.2 Å². The molecule has 5 nitrogen and oxygen atoms in total. The third-order valence-electron chi connectivity index (χ3n) is 3.74. The van der Waals surface area contributed by atoms with Gasteiger partial charge in [0.1, 0.15) is 0 Å². The minimum Gasteiger partial charge on any atom is -0.468 e. The zero-order valence-corrected chi connectivity index (χ0v) is 14.5. The molecule has 1 aliphatic heterocycles. The molecule has 22 heavy (non-hydrogen) atoms. The van der Waals surface area contributed by atoms with Gasteiger partial charge in [0, 0.05) is 18.3 Å². The van der Waals surface area contributed by atoms with Gasteiger partial charge in [0.2, 0.25) is 10.0 Å². The molecule has 1 aliphatic rings. The molecule has 122 valence electrons. The number of rotatable bonds is 6. The van der Waals surface area contributed by atoms with E-state index >= 15 is 0 Å². The van der Waals surface area contributed by atoms with Crippen LogP contribution in [0.4, 0.5) is 0 Å². The van der Waals surface area contributed by atoms with Crippen LogP contribution in [0.5, 0.6) is 0 Å². The first-order chi connectivity index (χ1) is 10.5. The monoisotopic (exact) mass is 343 g/mol. The van der Waals surface area contributed by atoms with Gasteiger partial charge >= 0.3 is 5.97 Å². The fourth-order valence-electron chi connectivity index (χ4n) is 2.34. The third kappa shape index (κ3) is 4.02. The van der Waals surface area contributed by atoms with Crippen molar-refractivity contribution in [2.45, 2.75) is 29.9 Å². The number of ether oxygens (including phenoxy) is 1. The van der Waals surface area contributed by atoms with Crippen LogP contribution in [-0.4, -0.2) is 49.9 Å². The summed E-state index contributed by atoms with van der Waals surface area (Å²) in [4.78, 5) is 11.5. The lowest BCUT2D eigenvalue weighted by Gasteiger charge is -2.16. The van der Waals surface area contributed by atoms with Crippen molar-refractivity contribution in [1.82, 2.24) is 4.31 Å². The highest BCUT2D eigenvalue weighted by atomic mass is 32.2. The number of aryl methyl sites for hydroxylation is 1. The van der Waals surface area contributed by atoms with Crippen molar-refractivity contribution in [2.75, 3.05) is 26.0 Å². The van der Waals surface area contributed by atoms with Crippen molar-refractivity contribution in [3.05, 3.63) is 29.8 Å². The molecule has 1 unspecified atom stereocenters. The molecule has 7 heteroatoms. The zero-order valence-electron chi connectivity index (χ0n) is 12.8. The minimum absolute atomic E-state index is 0.142. The number of carbonyl (C=O) groups excluding carboxylic acids is 1. The summed E-state index contributed by atoms with van der Waals surface area (Å²) in [5, 5.41) is 0.142. The van der Waals surface area contributed by atoms with Crippen LogP contribution >= 0.6 is 11.8 Å². The highest BCUT2D eigenvalue weighted by molar-refractivity contribution is 8.00. The Bertz CT molecular complexity index is 613. The van der Waals surface area contributed by atoms with Crippen LogP contribution in [0.1, 0.15) is 18.9 Å². The second-order valence-electron chi connectivity index (χ2n) is 5.16. The van der Waals surface area contributed by atoms with E-state index in [-0.39, 0.29) is 17.0 Å². The first kappa shape index (κ1) is 17.3. The van der Waals surface area contributed by atoms with Crippen LogP contribution in [-0.2, 0) is 26.0 Å². The Balaban J connectivity index is 2.00. The number of thioether (sulfide) groups is 1. The molecule has 0 bridgehead atoms. The van der Waals surface area contributed by atoms with Gasteiger partial charge < -0.3 is 4.74 Å². The molecule has 0 spiro atoms. The Labute approximate surface area is 136 Å². The van der Waals surface area contributed by atoms with E-state index < -0.39 is 10.0 Å². The Morgan fingerprint density at radius 3 is 2.64 bits per heavy atom. The number of benzene rings is 1. The number of carbonyl (C=O) groups is 1. The number of sulfonamides is 1. The lowest BCUT2D eigenvalue weighted by Crippen LogP contribution is -2.29. The summed E-state index contributed by atoms with van der Waals surface area (Å²) >= 11 is 1.46. The molecular weight excluding hydrogens is 322 g/mol. The number of esters is 1. The molecule has 1 aromatic carbocycles. The van der Waals surface area contributed by atoms with Crippen LogP contribution in [0.15, 0.2) is 29.2 Å². The molecule has 1 heterocycles. The predicted molar refractivity (Wildman–Crippen MR) is 87.5 cm³/mol. The first-order valence-electron chi connectivity index (χ1n) is 7.25. The summed E-state index contributed by atoms with van der Waals surface area (Å²) in [5.41, 5.74) is 1.12. The van der Waals surface area contributed by atoms with Crippen LogP contribution in [0, 0.1) is 0 Å². The number of methoxy groups -OCH3 is 1. The molecule has 0 aliphatic carbocycles. The first-order valence-corrected chi connectivity index (χ1v) is 9.73. The summed E-state index contributed by atoms with van der Waals surface area (Å²) in [6, 6.07) is 7.05. The van der Waals surface area contributed by atoms with Crippen LogP contribution in [0.25, 0.3) is 0 Å². The van der Waals surface area contributed by atoms with Gasteiger partial charge in [-0.15, -0.1) is 11.8 Å². The van der Waals surface area contributed by atoms with E-state index in [1.54, 1.807) is 12.1 Å². The summed E-state index contributed by atoms with van der Waals surface area (Å²) in [6.45, 7) is 2.98. The van der Waals surface area contributed by atoms with Gasteiger partial charge in [-0.3, -0.25) is 4.79 Å². The van der Waals surface area contributed by atoms with E-state index in [0.717, 1.165) is 18.4 Å². The highest BCUT2D eigenvalue weighted by Gasteiger charge is 2.32. The van der Waals surface area contributed by atoms with E-state index in [1.807, 2.05) is 19.1 Å². The standard InChI is InChI=1S/C15H21NO4S2/c1-3-12-4-6-14(7-5-12)22(18,19)16-9-8-13(10-16)21-11-15(17)20-2/h4-7,13H,3,8-11H2,1-2H3.